The average molecular weight is 275 g/mol. The van der Waals surface area contributed by atoms with Gasteiger partial charge < -0.3 is 5.73 Å². The molecule has 4 heteroatoms. The molecule has 0 aliphatic rings. The highest BCUT2D eigenvalue weighted by molar-refractivity contribution is 7.91. The van der Waals surface area contributed by atoms with E-state index in [1.807, 2.05) is 30.3 Å². The lowest BCUT2D eigenvalue weighted by Crippen LogP contribution is -2.17. The van der Waals surface area contributed by atoms with Crippen molar-refractivity contribution in [3.63, 3.8) is 0 Å². The van der Waals surface area contributed by atoms with Gasteiger partial charge in [-0.15, -0.1) is 0 Å². The fraction of sp³-hybridized carbons (Fsp3) is 0.200. The molecule has 0 aliphatic heterocycles. The molecule has 1 atom stereocenters. The first-order valence-electron chi connectivity index (χ1n) is 6.20. The molecule has 0 radical (unpaired) electrons. The van der Waals surface area contributed by atoms with Gasteiger partial charge in [0.05, 0.1) is 10.1 Å². The van der Waals surface area contributed by atoms with Crippen LogP contribution in [0.4, 0.5) is 0 Å². The van der Waals surface area contributed by atoms with E-state index in [1.54, 1.807) is 30.3 Å². The summed E-state index contributed by atoms with van der Waals surface area (Å²) in [4.78, 5) is 0.345. The van der Waals surface area contributed by atoms with Gasteiger partial charge in [-0.1, -0.05) is 48.5 Å². The molecular weight excluding hydrogens is 258 g/mol. The van der Waals surface area contributed by atoms with Crippen LogP contribution in [-0.2, 0) is 9.84 Å². The van der Waals surface area contributed by atoms with Crippen molar-refractivity contribution >= 4 is 9.84 Å². The number of rotatable bonds is 5. The summed E-state index contributed by atoms with van der Waals surface area (Å²) in [7, 11) is -3.40. The molecule has 0 spiro atoms. The normalized spacial score (nSPS) is 13.1. The summed E-state index contributed by atoms with van der Waals surface area (Å²) in [6, 6.07) is 17.8. The molecule has 2 aromatic rings. The van der Waals surface area contributed by atoms with Crippen LogP contribution in [0, 0.1) is 0 Å². The molecular formula is C15H17NO2S. The molecule has 0 saturated heterocycles. The van der Waals surface area contributed by atoms with E-state index in [9.17, 15) is 8.42 Å². The lowest BCUT2D eigenvalue weighted by Gasteiger charge is -2.17. The predicted molar refractivity (Wildman–Crippen MR) is 76.5 cm³/mol. The van der Waals surface area contributed by atoms with Gasteiger partial charge in [0.1, 0.15) is 0 Å². The highest BCUT2D eigenvalue weighted by Gasteiger charge is 2.27. The van der Waals surface area contributed by atoms with Gasteiger partial charge in [0.25, 0.3) is 0 Å². The molecule has 0 saturated carbocycles. The van der Waals surface area contributed by atoms with Crippen LogP contribution in [0.2, 0.25) is 0 Å². The first-order chi connectivity index (χ1) is 9.16. The number of hydrogen-bond donors (Lipinski definition) is 1. The van der Waals surface area contributed by atoms with E-state index in [0.717, 1.165) is 5.56 Å². The van der Waals surface area contributed by atoms with Gasteiger partial charge in [0, 0.05) is 0 Å². The molecule has 2 rings (SSSR count). The second kappa shape index (κ2) is 5.99. The fourth-order valence-corrected chi connectivity index (χ4v) is 3.92. The minimum atomic E-state index is -3.40. The van der Waals surface area contributed by atoms with Crippen molar-refractivity contribution < 1.29 is 8.42 Å². The Kier molecular flexibility index (Phi) is 4.35. The monoisotopic (exact) mass is 275 g/mol. The lowest BCUT2D eigenvalue weighted by atomic mass is 10.1. The smallest absolute Gasteiger partial charge is 0.185 e. The number of nitrogens with two attached hydrogens (primary N) is 1. The molecule has 0 heterocycles. The summed E-state index contributed by atoms with van der Waals surface area (Å²) < 4.78 is 25.3. The summed E-state index contributed by atoms with van der Waals surface area (Å²) in [6.07, 6.45) is 0.418. The molecule has 1 unspecified atom stereocenters. The van der Waals surface area contributed by atoms with Crippen LogP contribution in [0.25, 0.3) is 0 Å². The molecule has 2 aromatic carbocycles. The Balaban J connectivity index is 2.45. The van der Waals surface area contributed by atoms with E-state index in [0.29, 0.717) is 17.9 Å². The number of hydrogen-bond acceptors (Lipinski definition) is 3. The van der Waals surface area contributed by atoms with Gasteiger partial charge in [-0.25, -0.2) is 8.42 Å². The second-order valence-electron chi connectivity index (χ2n) is 4.33. The largest absolute Gasteiger partial charge is 0.330 e. The zero-order chi connectivity index (χ0) is 13.7. The van der Waals surface area contributed by atoms with Crippen LogP contribution in [0.5, 0.6) is 0 Å². The first-order valence-corrected chi connectivity index (χ1v) is 7.75. The maximum absolute atomic E-state index is 12.7. The zero-order valence-corrected chi connectivity index (χ0v) is 11.4. The molecule has 0 fully saturated rings. The molecule has 0 amide bonds. The van der Waals surface area contributed by atoms with E-state index in [4.69, 9.17) is 5.73 Å². The van der Waals surface area contributed by atoms with Crippen molar-refractivity contribution in [2.45, 2.75) is 16.6 Å². The van der Waals surface area contributed by atoms with Crippen molar-refractivity contribution in [1.29, 1.82) is 0 Å². The Morgan fingerprint density at radius 3 is 1.95 bits per heavy atom. The van der Waals surface area contributed by atoms with Crippen molar-refractivity contribution in [2.75, 3.05) is 6.54 Å². The predicted octanol–water partition coefficient (Wildman–Crippen LogP) is 2.55. The third kappa shape index (κ3) is 3.03. The Morgan fingerprint density at radius 2 is 1.42 bits per heavy atom. The molecule has 0 bridgehead atoms. The SMILES string of the molecule is NCCC(c1ccccc1)S(=O)(=O)c1ccccc1. The molecule has 100 valence electrons. The van der Waals surface area contributed by atoms with Gasteiger partial charge in [0.2, 0.25) is 0 Å². The van der Waals surface area contributed by atoms with Crippen LogP contribution in [0.15, 0.2) is 65.6 Å². The van der Waals surface area contributed by atoms with E-state index in [2.05, 4.69) is 0 Å². The van der Waals surface area contributed by atoms with Gasteiger partial charge >= 0.3 is 0 Å². The maximum atomic E-state index is 12.7. The Labute approximate surface area is 114 Å². The van der Waals surface area contributed by atoms with Crippen LogP contribution in [0.1, 0.15) is 17.2 Å². The number of sulfone groups is 1. The van der Waals surface area contributed by atoms with E-state index < -0.39 is 15.1 Å². The molecule has 3 nitrogen and oxygen atoms in total. The van der Waals surface area contributed by atoms with Gasteiger partial charge in [-0.2, -0.15) is 0 Å². The summed E-state index contributed by atoms with van der Waals surface area (Å²) in [5.41, 5.74) is 6.37. The highest BCUT2D eigenvalue weighted by atomic mass is 32.2. The fourth-order valence-electron chi connectivity index (χ4n) is 2.09. The van der Waals surface area contributed by atoms with Crippen LogP contribution in [-0.4, -0.2) is 15.0 Å². The first kappa shape index (κ1) is 13.8. The third-order valence-corrected chi connectivity index (χ3v) is 5.23. The summed E-state index contributed by atoms with van der Waals surface area (Å²) in [5, 5.41) is -0.582. The van der Waals surface area contributed by atoms with Crippen molar-refractivity contribution in [2.24, 2.45) is 5.73 Å². The minimum absolute atomic E-state index is 0.339. The zero-order valence-electron chi connectivity index (χ0n) is 10.6. The molecule has 0 aliphatic carbocycles. The third-order valence-electron chi connectivity index (χ3n) is 3.05. The van der Waals surface area contributed by atoms with Crippen LogP contribution < -0.4 is 5.73 Å². The number of benzene rings is 2. The summed E-state index contributed by atoms with van der Waals surface area (Å²) in [6.45, 7) is 0.339. The van der Waals surface area contributed by atoms with Crippen LogP contribution >= 0.6 is 0 Å². The summed E-state index contributed by atoms with van der Waals surface area (Å²) in [5.74, 6) is 0. The minimum Gasteiger partial charge on any atom is -0.330 e. The van der Waals surface area contributed by atoms with E-state index in [1.165, 1.54) is 0 Å². The Hall–Kier alpha value is -1.65. The van der Waals surface area contributed by atoms with Gasteiger partial charge in [-0.05, 0) is 30.7 Å². The Bertz CT molecular complexity index is 609. The lowest BCUT2D eigenvalue weighted by molar-refractivity contribution is 0.576. The highest BCUT2D eigenvalue weighted by Crippen LogP contribution is 2.31. The van der Waals surface area contributed by atoms with Gasteiger partial charge in [0.15, 0.2) is 9.84 Å². The van der Waals surface area contributed by atoms with Crippen LogP contribution in [0.3, 0.4) is 0 Å². The topological polar surface area (TPSA) is 60.2 Å². The summed E-state index contributed by atoms with van der Waals surface area (Å²) >= 11 is 0. The average Bonchev–Trinajstić information content (AvgIpc) is 2.46. The quantitative estimate of drug-likeness (QED) is 0.912. The van der Waals surface area contributed by atoms with Crippen molar-refractivity contribution in [3.05, 3.63) is 66.2 Å². The van der Waals surface area contributed by atoms with E-state index >= 15 is 0 Å². The molecule has 2 N–H and O–H groups in total. The molecule has 19 heavy (non-hydrogen) atoms. The van der Waals surface area contributed by atoms with E-state index in [-0.39, 0.29) is 0 Å². The van der Waals surface area contributed by atoms with Gasteiger partial charge in [-0.3, -0.25) is 0 Å². The van der Waals surface area contributed by atoms with Crippen molar-refractivity contribution in [1.82, 2.24) is 0 Å². The molecule has 0 aromatic heterocycles. The standard InChI is InChI=1S/C15H17NO2S/c16-12-11-15(13-7-3-1-4-8-13)19(17,18)14-9-5-2-6-10-14/h1-10,15H,11-12,16H2. The second-order valence-corrected chi connectivity index (χ2v) is 6.47. The maximum Gasteiger partial charge on any atom is 0.185 e. The Morgan fingerprint density at radius 1 is 0.895 bits per heavy atom. The van der Waals surface area contributed by atoms with Crippen molar-refractivity contribution in [3.8, 4) is 0 Å².